The van der Waals surface area contributed by atoms with Gasteiger partial charge in [-0.1, -0.05) is 6.07 Å². The average molecular weight is 226 g/mol. The molecule has 0 saturated heterocycles. The standard InChI is InChI=1S/C12H19FN2O/c1-16-9-8-15(7-3-6-14)12-5-2-4-11(13)10-12/h2,4-5,10H,3,6-9,14H2,1H3. The minimum atomic E-state index is -0.215. The van der Waals surface area contributed by atoms with E-state index in [1.807, 2.05) is 6.07 Å². The molecule has 1 aromatic rings. The summed E-state index contributed by atoms with van der Waals surface area (Å²) in [5, 5.41) is 0. The molecule has 4 heteroatoms. The second-order valence-electron chi connectivity index (χ2n) is 3.60. The van der Waals surface area contributed by atoms with Gasteiger partial charge in [0.1, 0.15) is 5.82 Å². The lowest BCUT2D eigenvalue weighted by Gasteiger charge is -2.24. The number of nitrogens with zero attached hydrogens (tertiary/aromatic N) is 1. The van der Waals surface area contributed by atoms with E-state index in [9.17, 15) is 4.39 Å². The van der Waals surface area contributed by atoms with Gasteiger partial charge in [0.25, 0.3) is 0 Å². The Morgan fingerprint density at radius 2 is 2.19 bits per heavy atom. The van der Waals surface area contributed by atoms with Crippen molar-refractivity contribution in [2.24, 2.45) is 5.73 Å². The van der Waals surface area contributed by atoms with Crippen LogP contribution in [0.3, 0.4) is 0 Å². The van der Waals surface area contributed by atoms with Crippen LogP contribution in [0.1, 0.15) is 6.42 Å². The van der Waals surface area contributed by atoms with Crippen LogP contribution in [-0.2, 0) is 4.74 Å². The van der Waals surface area contributed by atoms with Crippen LogP contribution >= 0.6 is 0 Å². The molecular formula is C12H19FN2O. The Morgan fingerprint density at radius 3 is 2.81 bits per heavy atom. The van der Waals surface area contributed by atoms with Gasteiger partial charge >= 0.3 is 0 Å². The van der Waals surface area contributed by atoms with E-state index in [-0.39, 0.29) is 5.82 Å². The molecule has 0 heterocycles. The fourth-order valence-corrected chi connectivity index (χ4v) is 1.53. The third-order valence-electron chi connectivity index (χ3n) is 2.37. The molecule has 0 radical (unpaired) electrons. The van der Waals surface area contributed by atoms with E-state index in [0.29, 0.717) is 13.2 Å². The van der Waals surface area contributed by atoms with Gasteiger partial charge in [-0.3, -0.25) is 0 Å². The van der Waals surface area contributed by atoms with Crippen LogP contribution in [-0.4, -0.2) is 33.4 Å². The zero-order valence-electron chi connectivity index (χ0n) is 9.66. The zero-order valence-corrected chi connectivity index (χ0v) is 9.66. The fourth-order valence-electron chi connectivity index (χ4n) is 1.53. The topological polar surface area (TPSA) is 38.5 Å². The maximum absolute atomic E-state index is 13.1. The van der Waals surface area contributed by atoms with Crippen LogP contribution in [0.15, 0.2) is 24.3 Å². The van der Waals surface area contributed by atoms with Gasteiger partial charge in [-0.25, -0.2) is 4.39 Å². The van der Waals surface area contributed by atoms with Crippen LogP contribution in [0.4, 0.5) is 10.1 Å². The largest absolute Gasteiger partial charge is 0.383 e. The van der Waals surface area contributed by atoms with Crippen LogP contribution < -0.4 is 10.6 Å². The van der Waals surface area contributed by atoms with E-state index in [1.165, 1.54) is 12.1 Å². The third-order valence-corrected chi connectivity index (χ3v) is 2.37. The highest BCUT2D eigenvalue weighted by Crippen LogP contribution is 2.15. The molecule has 0 aliphatic heterocycles. The summed E-state index contributed by atoms with van der Waals surface area (Å²) in [5.74, 6) is -0.215. The van der Waals surface area contributed by atoms with Crippen molar-refractivity contribution in [2.75, 3.05) is 38.3 Å². The summed E-state index contributed by atoms with van der Waals surface area (Å²) in [6.07, 6.45) is 0.889. The lowest BCUT2D eigenvalue weighted by atomic mass is 10.2. The SMILES string of the molecule is COCCN(CCCN)c1cccc(F)c1. The summed E-state index contributed by atoms with van der Waals surface area (Å²) in [7, 11) is 1.66. The molecule has 90 valence electrons. The molecule has 0 amide bonds. The van der Waals surface area contributed by atoms with E-state index in [4.69, 9.17) is 10.5 Å². The summed E-state index contributed by atoms with van der Waals surface area (Å²) in [4.78, 5) is 2.08. The van der Waals surface area contributed by atoms with Gasteiger partial charge < -0.3 is 15.4 Å². The average Bonchev–Trinajstić information content (AvgIpc) is 2.29. The molecule has 3 nitrogen and oxygen atoms in total. The number of methoxy groups -OCH3 is 1. The Kier molecular flexibility index (Phi) is 5.82. The first-order valence-corrected chi connectivity index (χ1v) is 5.47. The number of halogens is 1. The Balaban J connectivity index is 2.66. The molecule has 0 fully saturated rings. The first-order chi connectivity index (χ1) is 7.77. The van der Waals surface area contributed by atoms with Crippen molar-refractivity contribution in [3.63, 3.8) is 0 Å². The van der Waals surface area contributed by atoms with Crippen LogP contribution in [0, 0.1) is 5.82 Å². The maximum Gasteiger partial charge on any atom is 0.125 e. The van der Waals surface area contributed by atoms with Gasteiger partial charge in [0.15, 0.2) is 0 Å². The van der Waals surface area contributed by atoms with Gasteiger partial charge in [0, 0.05) is 25.9 Å². The van der Waals surface area contributed by atoms with E-state index >= 15 is 0 Å². The van der Waals surface area contributed by atoms with Gasteiger partial charge in [-0.15, -0.1) is 0 Å². The van der Waals surface area contributed by atoms with Gasteiger partial charge in [-0.2, -0.15) is 0 Å². The molecule has 0 unspecified atom stereocenters. The molecule has 0 spiro atoms. The first-order valence-electron chi connectivity index (χ1n) is 5.47. The van der Waals surface area contributed by atoms with Crippen molar-refractivity contribution in [1.29, 1.82) is 0 Å². The van der Waals surface area contributed by atoms with Crippen molar-refractivity contribution >= 4 is 5.69 Å². The normalized spacial score (nSPS) is 10.4. The van der Waals surface area contributed by atoms with Gasteiger partial charge in [0.05, 0.1) is 6.61 Å². The van der Waals surface area contributed by atoms with Crippen LogP contribution in [0.5, 0.6) is 0 Å². The molecule has 0 bridgehead atoms. The predicted octanol–water partition coefficient (Wildman–Crippen LogP) is 1.63. The van der Waals surface area contributed by atoms with Crippen molar-refractivity contribution in [2.45, 2.75) is 6.42 Å². The number of hydrogen-bond donors (Lipinski definition) is 1. The molecule has 1 aromatic carbocycles. The molecule has 2 N–H and O–H groups in total. The highest BCUT2D eigenvalue weighted by molar-refractivity contribution is 5.46. The Morgan fingerprint density at radius 1 is 1.38 bits per heavy atom. The van der Waals surface area contributed by atoms with E-state index in [2.05, 4.69) is 4.90 Å². The Labute approximate surface area is 96.0 Å². The minimum Gasteiger partial charge on any atom is -0.383 e. The highest BCUT2D eigenvalue weighted by Gasteiger charge is 2.06. The molecule has 0 saturated carbocycles. The lowest BCUT2D eigenvalue weighted by molar-refractivity contribution is 0.205. The van der Waals surface area contributed by atoms with Crippen LogP contribution in [0.2, 0.25) is 0 Å². The maximum atomic E-state index is 13.1. The van der Waals surface area contributed by atoms with Gasteiger partial charge in [0.2, 0.25) is 0 Å². The number of rotatable bonds is 7. The summed E-state index contributed by atoms with van der Waals surface area (Å²) in [5.41, 5.74) is 6.36. The highest BCUT2D eigenvalue weighted by atomic mass is 19.1. The number of benzene rings is 1. The van der Waals surface area contributed by atoms with Crippen molar-refractivity contribution < 1.29 is 9.13 Å². The van der Waals surface area contributed by atoms with Crippen molar-refractivity contribution in [3.8, 4) is 0 Å². The predicted molar refractivity (Wildman–Crippen MR) is 64.2 cm³/mol. The molecule has 0 atom stereocenters. The number of ether oxygens (including phenoxy) is 1. The van der Waals surface area contributed by atoms with Crippen molar-refractivity contribution in [3.05, 3.63) is 30.1 Å². The molecule has 0 aliphatic carbocycles. The second kappa shape index (κ2) is 7.19. The van der Waals surface area contributed by atoms with Crippen LogP contribution in [0.25, 0.3) is 0 Å². The van der Waals surface area contributed by atoms with E-state index < -0.39 is 0 Å². The summed E-state index contributed by atoms with van der Waals surface area (Å²) in [6.45, 7) is 2.84. The first kappa shape index (κ1) is 12.9. The fraction of sp³-hybridized carbons (Fsp3) is 0.500. The zero-order chi connectivity index (χ0) is 11.8. The summed E-state index contributed by atoms with van der Waals surface area (Å²) in [6, 6.07) is 6.59. The number of nitrogens with two attached hydrogens (primary N) is 1. The van der Waals surface area contributed by atoms with E-state index in [1.54, 1.807) is 13.2 Å². The number of hydrogen-bond acceptors (Lipinski definition) is 3. The smallest absolute Gasteiger partial charge is 0.125 e. The third kappa shape index (κ3) is 4.16. The molecule has 0 aliphatic rings. The second-order valence-corrected chi connectivity index (χ2v) is 3.60. The molecule has 16 heavy (non-hydrogen) atoms. The molecule has 0 aromatic heterocycles. The Hall–Kier alpha value is -1.13. The monoisotopic (exact) mass is 226 g/mol. The lowest BCUT2D eigenvalue weighted by Crippen LogP contribution is -2.29. The molecular weight excluding hydrogens is 207 g/mol. The summed E-state index contributed by atoms with van der Waals surface area (Å²) < 4.78 is 18.1. The summed E-state index contributed by atoms with van der Waals surface area (Å²) >= 11 is 0. The Bertz CT molecular complexity index is 299. The number of anilines is 1. The van der Waals surface area contributed by atoms with E-state index in [0.717, 1.165) is 25.2 Å². The minimum absolute atomic E-state index is 0.215. The molecule has 1 rings (SSSR count). The van der Waals surface area contributed by atoms with Crippen molar-refractivity contribution in [1.82, 2.24) is 0 Å². The van der Waals surface area contributed by atoms with Gasteiger partial charge in [-0.05, 0) is 31.2 Å². The quantitative estimate of drug-likeness (QED) is 0.768.